The summed E-state index contributed by atoms with van der Waals surface area (Å²) in [7, 11) is 3.81. The Labute approximate surface area is 132 Å². The molecule has 1 heterocycles. The van der Waals surface area contributed by atoms with Gasteiger partial charge in [-0.25, -0.2) is 8.78 Å². The molecule has 6 heteroatoms. The Bertz CT molecular complexity index is 816. The smallest absolute Gasteiger partial charge is 0.295 e. The third-order valence-electron chi connectivity index (χ3n) is 3.67. The summed E-state index contributed by atoms with van der Waals surface area (Å²) in [5, 5.41) is 3.05. The van der Waals surface area contributed by atoms with Crippen LogP contribution < -0.4 is 5.32 Å². The zero-order valence-corrected chi connectivity index (χ0v) is 12.9. The number of halogens is 2. The highest BCUT2D eigenvalue weighted by molar-refractivity contribution is 5.74. The molecular weight excluding hydrogens is 300 g/mol. The molecule has 3 rings (SSSR count). The fourth-order valence-corrected chi connectivity index (χ4v) is 2.49. The number of rotatable bonds is 5. The van der Waals surface area contributed by atoms with E-state index in [0.29, 0.717) is 12.1 Å². The number of aromatic nitrogens is 1. The van der Waals surface area contributed by atoms with Crippen molar-refractivity contribution in [1.82, 2.24) is 9.88 Å². The van der Waals surface area contributed by atoms with Gasteiger partial charge in [0.1, 0.15) is 11.3 Å². The molecular formula is C17H17F2N3O. The Hall–Kier alpha value is -2.47. The molecule has 0 aliphatic heterocycles. The second kappa shape index (κ2) is 6.34. The summed E-state index contributed by atoms with van der Waals surface area (Å²) in [5.74, 6) is -0.702. The topological polar surface area (TPSA) is 41.3 Å². The molecule has 1 aromatic heterocycles. The number of likely N-dealkylation sites (N-methyl/N-ethyl adjacent to an activating group) is 1. The molecule has 1 unspecified atom stereocenters. The van der Waals surface area contributed by atoms with Crippen LogP contribution in [0.4, 0.5) is 14.8 Å². The summed E-state index contributed by atoms with van der Waals surface area (Å²) in [6, 6.07) is 11.2. The van der Waals surface area contributed by atoms with Crippen LogP contribution >= 0.6 is 0 Å². The minimum absolute atomic E-state index is 0.0782. The van der Waals surface area contributed by atoms with Crippen LogP contribution in [0.5, 0.6) is 0 Å². The summed E-state index contributed by atoms with van der Waals surface area (Å²) < 4.78 is 32.5. The van der Waals surface area contributed by atoms with Crippen LogP contribution in [0.1, 0.15) is 11.6 Å². The summed E-state index contributed by atoms with van der Waals surface area (Å²) >= 11 is 0. The van der Waals surface area contributed by atoms with Gasteiger partial charge in [0, 0.05) is 6.54 Å². The van der Waals surface area contributed by atoms with E-state index in [1.807, 2.05) is 25.1 Å². The van der Waals surface area contributed by atoms with Gasteiger partial charge in [-0.15, -0.1) is 0 Å². The molecule has 0 fully saturated rings. The molecule has 23 heavy (non-hydrogen) atoms. The first-order valence-corrected chi connectivity index (χ1v) is 7.25. The van der Waals surface area contributed by atoms with Crippen LogP contribution in [0.2, 0.25) is 0 Å². The third kappa shape index (κ3) is 3.32. The number of benzene rings is 2. The van der Waals surface area contributed by atoms with E-state index in [9.17, 15) is 8.78 Å². The zero-order chi connectivity index (χ0) is 16.4. The molecule has 3 aromatic rings. The van der Waals surface area contributed by atoms with E-state index >= 15 is 0 Å². The van der Waals surface area contributed by atoms with Crippen molar-refractivity contribution in [2.24, 2.45) is 0 Å². The molecule has 0 amide bonds. The second-order valence-electron chi connectivity index (χ2n) is 5.52. The predicted octanol–water partition coefficient (Wildman–Crippen LogP) is 3.82. The van der Waals surface area contributed by atoms with E-state index in [2.05, 4.69) is 10.3 Å². The normalized spacial score (nSPS) is 12.7. The lowest BCUT2D eigenvalue weighted by molar-refractivity contribution is 0.309. The monoisotopic (exact) mass is 317 g/mol. The Morgan fingerprint density at radius 1 is 1.17 bits per heavy atom. The maximum atomic E-state index is 13.6. The lowest BCUT2D eigenvalue weighted by atomic mass is 10.1. The van der Waals surface area contributed by atoms with Crippen molar-refractivity contribution in [1.29, 1.82) is 0 Å². The van der Waals surface area contributed by atoms with Crippen LogP contribution in [0.3, 0.4) is 0 Å². The summed E-state index contributed by atoms with van der Waals surface area (Å²) in [4.78, 5) is 6.07. The van der Waals surface area contributed by atoms with E-state index in [1.54, 1.807) is 18.2 Å². The predicted molar refractivity (Wildman–Crippen MR) is 85.3 cm³/mol. The minimum atomic E-state index is -0.423. The van der Waals surface area contributed by atoms with Crippen molar-refractivity contribution in [3.05, 3.63) is 59.7 Å². The molecule has 1 atom stereocenters. The van der Waals surface area contributed by atoms with E-state index < -0.39 is 5.82 Å². The van der Waals surface area contributed by atoms with Crippen LogP contribution in [-0.2, 0) is 0 Å². The van der Waals surface area contributed by atoms with Gasteiger partial charge in [-0.3, -0.25) is 0 Å². The lowest BCUT2D eigenvalue weighted by Gasteiger charge is -2.24. The molecule has 1 N–H and O–H groups in total. The second-order valence-corrected chi connectivity index (χ2v) is 5.52. The molecule has 0 saturated carbocycles. The average molecular weight is 317 g/mol. The quantitative estimate of drug-likeness (QED) is 0.777. The number of anilines is 1. The Morgan fingerprint density at radius 2 is 1.96 bits per heavy atom. The Balaban J connectivity index is 1.79. The SMILES string of the molecule is CN(C)C(CNc1nc2c(F)cccc2o1)c1cccc(F)c1. The molecule has 120 valence electrons. The molecule has 0 aliphatic rings. The number of hydrogen-bond donors (Lipinski definition) is 1. The number of para-hydroxylation sites is 1. The summed E-state index contributed by atoms with van der Waals surface area (Å²) in [5.41, 5.74) is 1.42. The fraction of sp³-hybridized carbons (Fsp3) is 0.235. The van der Waals surface area contributed by atoms with Gasteiger partial charge in [0.2, 0.25) is 0 Å². The lowest BCUT2D eigenvalue weighted by Crippen LogP contribution is -2.27. The van der Waals surface area contributed by atoms with Crippen LogP contribution in [0.15, 0.2) is 46.9 Å². The van der Waals surface area contributed by atoms with Crippen molar-refractivity contribution in [3.8, 4) is 0 Å². The number of oxazole rings is 1. The van der Waals surface area contributed by atoms with Crippen LogP contribution in [0, 0.1) is 11.6 Å². The number of nitrogens with one attached hydrogen (secondary N) is 1. The highest BCUT2D eigenvalue weighted by atomic mass is 19.1. The molecule has 2 aromatic carbocycles. The van der Waals surface area contributed by atoms with Crippen molar-refractivity contribution < 1.29 is 13.2 Å². The van der Waals surface area contributed by atoms with Crippen molar-refractivity contribution in [2.75, 3.05) is 26.0 Å². The standard InChI is InChI=1S/C17H17F2N3O/c1-22(2)14(11-5-3-6-12(18)9-11)10-20-17-21-16-13(19)7-4-8-15(16)23-17/h3-9,14H,10H2,1-2H3,(H,20,21). The van der Waals surface area contributed by atoms with E-state index in [0.717, 1.165) is 5.56 Å². The highest BCUT2D eigenvalue weighted by Gasteiger charge is 2.16. The van der Waals surface area contributed by atoms with Crippen LogP contribution in [0.25, 0.3) is 11.1 Å². The van der Waals surface area contributed by atoms with Gasteiger partial charge in [-0.1, -0.05) is 18.2 Å². The largest absolute Gasteiger partial charge is 0.423 e. The van der Waals surface area contributed by atoms with E-state index in [-0.39, 0.29) is 23.4 Å². The highest BCUT2D eigenvalue weighted by Crippen LogP contribution is 2.23. The summed E-state index contributed by atoms with van der Waals surface area (Å²) in [6.45, 7) is 0.449. The maximum absolute atomic E-state index is 13.6. The Morgan fingerprint density at radius 3 is 2.65 bits per heavy atom. The summed E-state index contributed by atoms with van der Waals surface area (Å²) in [6.07, 6.45) is 0. The average Bonchev–Trinajstić information content (AvgIpc) is 2.92. The molecule has 0 aliphatic carbocycles. The van der Waals surface area contributed by atoms with Gasteiger partial charge < -0.3 is 14.6 Å². The maximum Gasteiger partial charge on any atom is 0.295 e. The van der Waals surface area contributed by atoms with E-state index in [1.165, 1.54) is 18.2 Å². The molecule has 4 nitrogen and oxygen atoms in total. The van der Waals surface area contributed by atoms with Gasteiger partial charge in [-0.05, 0) is 43.9 Å². The fourth-order valence-electron chi connectivity index (χ4n) is 2.49. The van der Waals surface area contributed by atoms with Gasteiger partial charge >= 0.3 is 0 Å². The first-order chi connectivity index (χ1) is 11.0. The zero-order valence-electron chi connectivity index (χ0n) is 12.9. The first-order valence-electron chi connectivity index (χ1n) is 7.25. The van der Waals surface area contributed by atoms with E-state index in [4.69, 9.17) is 4.42 Å². The van der Waals surface area contributed by atoms with Crippen LogP contribution in [-0.4, -0.2) is 30.5 Å². The van der Waals surface area contributed by atoms with Gasteiger partial charge in [0.05, 0.1) is 6.04 Å². The number of nitrogens with zero attached hydrogens (tertiary/aromatic N) is 2. The van der Waals surface area contributed by atoms with Crippen molar-refractivity contribution >= 4 is 17.1 Å². The third-order valence-corrected chi connectivity index (χ3v) is 3.67. The van der Waals surface area contributed by atoms with Gasteiger partial charge in [0.15, 0.2) is 11.4 Å². The molecule has 0 saturated heterocycles. The molecule has 0 spiro atoms. The van der Waals surface area contributed by atoms with Gasteiger partial charge in [0.25, 0.3) is 6.01 Å². The molecule has 0 bridgehead atoms. The minimum Gasteiger partial charge on any atom is -0.423 e. The van der Waals surface area contributed by atoms with Crippen molar-refractivity contribution in [3.63, 3.8) is 0 Å². The first kappa shape index (κ1) is 15.4. The molecule has 0 radical (unpaired) electrons. The van der Waals surface area contributed by atoms with Gasteiger partial charge in [-0.2, -0.15) is 4.98 Å². The Kier molecular flexibility index (Phi) is 4.25. The number of fused-ring (bicyclic) bond motifs is 1. The number of hydrogen-bond acceptors (Lipinski definition) is 4. The van der Waals surface area contributed by atoms with Crippen molar-refractivity contribution in [2.45, 2.75) is 6.04 Å².